The molecule has 94 valence electrons. The Kier molecular flexibility index (Phi) is 8.58. The van der Waals surface area contributed by atoms with Gasteiger partial charge in [0.05, 0.1) is 0 Å². The third-order valence-corrected chi connectivity index (χ3v) is 2.62. The molecular weight excluding hydrogens is 206 g/mol. The molecule has 16 heavy (non-hydrogen) atoms. The second kappa shape index (κ2) is 9.19. The van der Waals surface area contributed by atoms with E-state index < -0.39 is 5.97 Å². The predicted octanol–water partition coefficient (Wildman–Crippen LogP) is 2.18. The van der Waals surface area contributed by atoms with Crippen LogP contribution in [0.25, 0.3) is 0 Å². The molecule has 0 saturated carbocycles. The van der Waals surface area contributed by atoms with Crippen molar-refractivity contribution in [3.05, 3.63) is 0 Å². The molecule has 0 radical (unpaired) electrons. The van der Waals surface area contributed by atoms with E-state index in [0.29, 0.717) is 25.3 Å². The lowest BCUT2D eigenvalue weighted by Crippen LogP contribution is -2.25. The van der Waals surface area contributed by atoms with Crippen molar-refractivity contribution < 1.29 is 14.7 Å². The van der Waals surface area contributed by atoms with Gasteiger partial charge in [-0.15, -0.1) is 0 Å². The largest absolute Gasteiger partial charge is 0.481 e. The molecule has 4 heteroatoms. The van der Waals surface area contributed by atoms with Crippen LogP contribution in [0, 0.1) is 5.92 Å². The van der Waals surface area contributed by atoms with Crippen LogP contribution < -0.4 is 5.32 Å². The fraction of sp³-hybridized carbons (Fsp3) is 0.833. The van der Waals surface area contributed by atoms with Crippen molar-refractivity contribution in [1.29, 1.82) is 0 Å². The zero-order valence-corrected chi connectivity index (χ0v) is 10.3. The van der Waals surface area contributed by atoms with Crippen LogP contribution in [-0.2, 0) is 9.59 Å². The van der Waals surface area contributed by atoms with Crippen LogP contribution in [0.5, 0.6) is 0 Å². The summed E-state index contributed by atoms with van der Waals surface area (Å²) in [5, 5.41) is 11.3. The lowest BCUT2D eigenvalue weighted by atomic mass is 10.1. The summed E-state index contributed by atoms with van der Waals surface area (Å²) >= 11 is 0. The van der Waals surface area contributed by atoms with Crippen molar-refractivity contribution >= 4 is 11.9 Å². The topological polar surface area (TPSA) is 66.4 Å². The maximum Gasteiger partial charge on any atom is 0.303 e. The normalized spacial score (nSPS) is 12.1. The van der Waals surface area contributed by atoms with Crippen molar-refractivity contribution in [2.75, 3.05) is 6.54 Å². The van der Waals surface area contributed by atoms with Crippen molar-refractivity contribution in [2.45, 2.75) is 52.4 Å². The molecule has 1 amide bonds. The number of carbonyl (C=O) groups excluding carboxylic acids is 1. The quantitative estimate of drug-likeness (QED) is 0.595. The van der Waals surface area contributed by atoms with Crippen LogP contribution in [0.4, 0.5) is 0 Å². The molecule has 0 saturated heterocycles. The first-order valence-electron chi connectivity index (χ1n) is 6.04. The Labute approximate surface area is 97.4 Å². The molecule has 1 atom stereocenters. The molecule has 0 aromatic rings. The van der Waals surface area contributed by atoms with Gasteiger partial charge in [0, 0.05) is 19.4 Å². The number of aliphatic carboxylic acids is 1. The molecule has 0 spiro atoms. The van der Waals surface area contributed by atoms with Gasteiger partial charge < -0.3 is 10.4 Å². The first-order chi connectivity index (χ1) is 7.56. The molecular formula is C12H23NO3. The highest BCUT2D eigenvalue weighted by Crippen LogP contribution is 2.05. The van der Waals surface area contributed by atoms with Gasteiger partial charge in [-0.2, -0.15) is 0 Å². The second-order valence-corrected chi connectivity index (χ2v) is 4.27. The summed E-state index contributed by atoms with van der Waals surface area (Å²) in [6, 6.07) is 0. The van der Waals surface area contributed by atoms with Crippen LogP contribution in [0.3, 0.4) is 0 Å². The van der Waals surface area contributed by atoms with Crippen LogP contribution >= 0.6 is 0 Å². The zero-order chi connectivity index (χ0) is 12.4. The van der Waals surface area contributed by atoms with E-state index in [4.69, 9.17) is 5.11 Å². The Morgan fingerprint density at radius 3 is 2.50 bits per heavy atom. The smallest absolute Gasteiger partial charge is 0.303 e. The molecule has 0 heterocycles. The molecule has 4 nitrogen and oxygen atoms in total. The van der Waals surface area contributed by atoms with Gasteiger partial charge in [0.1, 0.15) is 0 Å². The monoisotopic (exact) mass is 229 g/mol. The molecule has 0 aliphatic carbocycles. The van der Waals surface area contributed by atoms with Gasteiger partial charge in [0.15, 0.2) is 0 Å². The lowest BCUT2D eigenvalue weighted by molar-refractivity contribution is -0.137. The molecule has 0 fully saturated rings. The molecule has 0 aromatic heterocycles. The van der Waals surface area contributed by atoms with Crippen LogP contribution in [-0.4, -0.2) is 23.5 Å². The number of amides is 1. The first kappa shape index (κ1) is 14.9. The molecule has 0 bridgehead atoms. The molecule has 0 aliphatic heterocycles. The Morgan fingerprint density at radius 2 is 1.94 bits per heavy atom. The van der Waals surface area contributed by atoms with Gasteiger partial charge in [-0.05, 0) is 18.8 Å². The standard InChI is InChI=1S/C12H23NO3/c1-3-10(2)9-11(14)13-8-6-4-5-7-12(15)16/h10H,3-9H2,1-2H3,(H,13,14)(H,15,16). The summed E-state index contributed by atoms with van der Waals surface area (Å²) in [6.07, 6.45) is 4.24. The summed E-state index contributed by atoms with van der Waals surface area (Å²) in [4.78, 5) is 21.6. The molecule has 2 N–H and O–H groups in total. The van der Waals surface area contributed by atoms with E-state index in [1.807, 2.05) is 0 Å². The SMILES string of the molecule is CCC(C)CC(=O)NCCCCCC(=O)O. The fourth-order valence-electron chi connectivity index (χ4n) is 1.34. The summed E-state index contributed by atoms with van der Waals surface area (Å²) in [5.74, 6) is -0.208. The number of hydrogen-bond acceptors (Lipinski definition) is 2. The number of carbonyl (C=O) groups is 2. The molecule has 1 unspecified atom stereocenters. The average molecular weight is 229 g/mol. The van der Waals surface area contributed by atoms with Crippen LogP contribution in [0.1, 0.15) is 52.4 Å². The Morgan fingerprint density at radius 1 is 1.25 bits per heavy atom. The Balaban J connectivity index is 3.31. The van der Waals surface area contributed by atoms with E-state index in [1.165, 1.54) is 0 Å². The first-order valence-corrected chi connectivity index (χ1v) is 6.04. The van der Waals surface area contributed by atoms with Crippen molar-refractivity contribution in [2.24, 2.45) is 5.92 Å². The Bertz CT molecular complexity index is 216. The second-order valence-electron chi connectivity index (χ2n) is 4.27. The summed E-state index contributed by atoms with van der Waals surface area (Å²) in [5.41, 5.74) is 0. The van der Waals surface area contributed by atoms with Crippen LogP contribution in [0.2, 0.25) is 0 Å². The zero-order valence-electron chi connectivity index (χ0n) is 10.3. The minimum atomic E-state index is -0.749. The summed E-state index contributed by atoms with van der Waals surface area (Å²) < 4.78 is 0. The van der Waals surface area contributed by atoms with Gasteiger partial charge >= 0.3 is 5.97 Å². The van der Waals surface area contributed by atoms with Gasteiger partial charge in [0.2, 0.25) is 5.91 Å². The maximum atomic E-state index is 11.3. The molecule has 0 rings (SSSR count). The van der Waals surface area contributed by atoms with E-state index in [2.05, 4.69) is 19.2 Å². The number of rotatable bonds is 9. The minimum Gasteiger partial charge on any atom is -0.481 e. The third-order valence-electron chi connectivity index (χ3n) is 2.62. The predicted molar refractivity (Wildman–Crippen MR) is 63.2 cm³/mol. The van der Waals surface area contributed by atoms with E-state index in [1.54, 1.807) is 0 Å². The summed E-state index contributed by atoms with van der Waals surface area (Å²) in [6.45, 7) is 4.80. The van der Waals surface area contributed by atoms with Crippen molar-refractivity contribution in [3.8, 4) is 0 Å². The average Bonchev–Trinajstić information content (AvgIpc) is 2.22. The lowest BCUT2D eigenvalue weighted by Gasteiger charge is -2.08. The number of unbranched alkanes of at least 4 members (excludes halogenated alkanes) is 2. The number of carboxylic acids is 1. The van der Waals surface area contributed by atoms with E-state index in [0.717, 1.165) is 19.3 Å². The molecule has 0 aromatic carbocycles. The summed E-state index contributed by atoms with van der Waals surface area (Å²) in [7, 11) is 0. The highest BCUT2D eigenvalue weighted by Gasteiger charge is 2.06. The number of nitrogens with one attached hydrogen (secondary N) is 1. The van der Waals surface area contributed by atoms with Gasteiger partial charge in [-0.1, -0.05) is 26.7 Å². The highest BCUT2D eigenvalue weighted by molar-refractivity contribution is 5.76. The highest BCUT2D eigenvalue weighted by atomic mass is 16.4. The van der Waals surface area contributed by atoms with Crippen LogP contribution in [0.15, 0.2) is 0 Å². The van der Waals surface area contributed by atoms with Gasteiger partial charge in [0.25, 0.3) is 0 Å². The minimum absolute atomic E-state index is 0.104. The van der Waals surface area contributed by atoms with E-state index >= 15 is 0 Å². The maximum absolute atomic E-state index is 11.3. The van der Waals surface area contributed by atoms with Gasteiger partial charge in [-0.25, -0.2) is 0 Å². The molecule has 0 aliphatic rings. The van der Waals surface area contributed by atoms with Crippen molar-refractivity contribution in [1.82, 2.24) is 5.32 Å². The fourth-order valence-corrected chi connectivity index (χ4v) is 1.34. The third kappa shape index (κ3) is 9.49. The van der Waals surface area contributed by atoms with E-state index in [-0.39, 0.29) is 12.3 Å². The van der Waals surface area contributed by atoms with Gasteiger partial charge in [-0.3, -0.25) is 9.59 Å². The van der Waals surface area contributed by atoms with Crippen molar-refractivity contribution in [3.63, 3.8) is 0 Å². The number of hydrogen-bond donors (Lipinski definition) is 2. The number of carboxylic acid groups (broad SMARTS) is 1. The van der Waals surface area contributed by atoms with E-state index in [9.17, 15) is 9.59 Å². The Hall–Kier alpha value is -1.06.